The topological polar surface area (TPSA) is 116 Å². The molecule has 0 radical (unpaired) electrons. The fraction of sp³-hybridized carbons (Fsp3) is 0.158. The molecular weight excluding hydrogens is 363 g/mol. The summed E-state index contributed by atoms with van der Waals surface area (Å²) >= 11 is 0. The minimum absolute atomic E-state index is 0.0473. The van der Waals surface area contributed by atoms with Crippen LogP contribution in [0.15, 0.2) is 36.5 Å². The number of nitriles is 1. The highest BCUT2D eigenvalue weighted by atomic mass is 19.1. The van der Waals surface area contributed by atoms with Gasteiger partial charge in [0.25, 0.3) is 5.91 Å². The number of carbonyl (C=O) groups excluding carboxylic acids is 1. The predicted octanol–water partition coefficient (Wildman–Crippen LogP) is 1.59. The summed E-state index contributed by atoms with van der Waals surface area (Å²) in [5, 5.41) is 28.3. The van der Waals surface area contributed by atoms with Crippen LogP contribution in [-0.4, -0.2) is 38.9 Å². The van der Waals surface area contributed by atoms with Crippen molar-refractivity contribution in [2.24, 2.45) is 0 Å². The van der Waals surface area contributed by atoms with Crippen molar-refractivity contribution in [3.8, 4) is 23.0 Å². The number of hydrogen-bond acceptors (Lipinski definition) is 6. The van der Waals surface area contributed by atoms with Crippen LogP contribution in [-0.2, 0) is 6.54 Å². The van der Waals surface area contributed by atoms with Crippen molar-refractivity contribution >= 4 is 11.7 Å². The number of benzene rings is 1. The van der Waals surface area contributed by atoms with Gasteiger partial charge in [0, 0.05) is 18.8 Å². The average Bonchev–Trinajstić information content (AvgIpc) is 3.32. The van der Waals surface area contributed by atoms with Crippen molar-refractivity contribution < 1.29 is 14.3 Å². The van der Waals surface area contributed by atoms with E-state index < -0.39 is 5.82 Å². The number of fused-ring (bicyclic) bond motifs is 1. The Morgan fingerprint density at radius 2 is 2.21 bits per heavy atom. The second-order valence-corrected chi connectivity index (χ2v) is 6.10. The number of aromatic nitrogens is 3. The van der Waals surface area contributed by atoms with Crippen LogP contribution in [0, 0.1) is 17.1 Å². The number of aliphatic hydroxyl groups excluding tert-OH is 1. The Hall–Kier alpha value is -3.77. The van der Waals surface area contributed by atoms with Gasteiger partial charge in [-0.3, -0.25) is 4.79 Å². The number of rotatable bonds is 5. The first-order valence-electron chi connectivity index (χ1n) is 8.54. The molecule has 0 spiro atoms. The van der Waals surface area contributed by atoms with Gasteiger partial charge in [0.05, 0.1) is 53.0 Å². The van der Waals surface area contributed by atoms with Gasteiger partial charge in [-0.2, -0.15) is 10.4 Å². The van der Waals surface area contributed by atoms with Crippen LogP contribution in [0.5, 0.6) is 0 Å². The second kappa shape index (κ2) is 7.09. The van der Waals surface area contributed by atoms with E-state index in [0.29, 0.717) is 29.3 Å². The smallest absolute Gasteiger partial charge is 0.255 e. The Labute approximate surface area is 159 Å². The Bertz CT molecular complexity index is 1120. The molecule has 9 heteroatoms. The first-order chi connectivity index (χ1) is 13.6. The minimum Gasteiger partial charge on any atom is -0.395 e. The zero-order valence-corrected chi connectivity index (χ0v) is 14.6. The van der Waals surface area contributed by atoms with Crippen LogP contribution in [0.2, 0.25) is 0 Å². The summed E-state index contributed by atoms with van der Waals surface area (Å²) in [7, 11) is 0. The number of halogens is 1. The van der Waals surface area contributed by atoms with Gasteiger partial charge in [-0.05, 0) is 18.2 Å². The summed E-state index contributed by atoms with van der Waals surface area (Å²) in [5.74, 6) is -0.345. The maximum atomic E-state index is 14.5. The van der Waals surface area contributed by atoms with Gasteiger partial charge in [0.15, 0.2) is 0 Å². The van der Waals surface area contributed by atoms with Crippen LogP contribution in [0.1, 0.15) is 21.6 Å². The molecule has 1 amide bonds. The van der Waals surface area contributed by atoms with Gasteiger partial charge in [-0.25, -0.2) is 14.1 Å². The second-order valence-electron chi connectivity index (χ2n) is 6.10. The molecule has 3 aromatic rings. The summed E-state index contributed by atoms with van der Waals surface area (Å²) in [6.45, 7) is 0.495. The highest BCUT2D eigenvalue weighted by Crippen LogP contribution is 2.31. The number of nitrogens with one attached hydrogen (secondary N) is 2. The quantitative estimate of drug-likeness (QED) is 0.621. The van der Waals surface area contributed by atoms with E-state index in [-0.39, 0.29) is 35.9 Å². The number of aliphatic hydroxyl groups is 1. The monoisotopic (exact) mass is 378 g/mol. The number of hydrogen-bond donors (Lipinski definition) is 3. The van der Waals surface area contributed by atoms with E-state index >= 15 is 0 Å². The first-order valence-corrected chi connectivity index (χ1v) is 8.54. The molecule has 8 nitrogen and oxygen atoms in total. The Morgan fingerprint density at radius 3 is 3.00 bits per heavy atom. The zero-order valence-electron chi connectivity index (χ0n) is 14.6. The fourth-order valence-electron chi connectivity index (χ4n) is 3.13. The van der Waals surface area contributed by atoms with Gasteiger partial charge >= 0.3 is 0 Å². The van der Waals surface area contributed by atoms with E-state index in [9.17, 15) is 14.4 Å². The van der Waals surface area contributed by atoms with Crippen molar-refractivity contribution in [3.05, 3.63) is 59.2 Å². The molecule has 0 atom stereocenters. The van der Waals surface area contributed by atoms with Gasteiger partial charge in [0.2, 0.25) is 0 Å². The number of anilines is 1. The Kier molecular flexibility index (Phi) is 4.47. The lowest BCUT2D eigenvalue weighted by molar-refractivity contribution is 0.0965. The highest BCUT2D eigenvalue weighted by molar-refractivity contribution is 6.01. The summed E-state index contributed by atoms with van der Waals surface area (Å²) in [6, 6.07) is 9.46. The summed E-state index contributed by atoms with van der Waals surface area (Å²) in [6.07, 6.45) is 1.65. The van der Waals surface area contributed by atoms with E-state index in [0.717, 1.165) is 0 Å². The van der Waals surface area contributed by atoms with Crippen LogP contribution in [0.3, 0.4) is 0 Å². The molecule has 0 unspecified atom stereocenters. The van der Waals surface area contributed by atoms with Crippen LogP contribution < -0.4 is 10.6 Å². The normalized spacial score (nSPS) is 12.4. The minimum atomic E-state index is -0.569. The molecule has 0 saturated heterocycles. The average molecular weight is 378 g/mol. The third kappa shape index (κ3) is 2.95. The lowest BCUT2D eigenvalue weighted by Gasteiger charge is -2.11. The van der Waals surface area contributed by atoms with Crippen molar-refractivity contribution in [1.29, 1.82) is 5.26 Å². The summed E-state index contributed by atoms with van der Waals surface area (Å²) < 4.78 is 16.0. The van der Waals surface area contributed by atoms with Gasteiger partial charge in [0.1, 0.15) is 11.6 Å². The molecule has 1 aromatic carbocycles. The van der Waals surface area contributed by atoms with E-state index in [1.807, 2.05) is 6.07 Å². The van der Waals surface area contributed by atoms with Crippen LogP contribution in [0.25, 0.3) is 16.9 Å². The van der Waals surface area contributed by atoms with Gasteiger partial charge in [-0.15, -0.1) is 0 Å². The molecule has 140 valence electrons. The van der Waals surface area contributed by atoms with E-state index in [2.05, 4.69) is 20.7 Å². The lowest BCUT2D eigenvalue weighted by atomic mass is 10.0. The third-order valence-corrected chi connectivity index (χ3v) is 4.36. The van der Waals surface area contributed by atoms with Crippen LogP contribution in [0.4, 0.5) is 10.2 Å². The lowest BCUT2D eigenvalue weighted by Crippen LogP contribution is -2.14. The molecule has 2 aromatic heterocycles. The standard InChI is InChI=1S/C19H15FN6O2/c20-12-3-1-2-11(9-21)17(12)13-8-15(18-14(24-13)10-23-19(18)28)26-6-4-16(25-26)22-5-7-27/h1-4,6,8,27H,5,7,10H2,(H,22,25)(H,23,28). The molecule has 1 aliphatic heterocycles. The molecule has 28 heavy (non-hydrogen) atoms. The third-order valence-electron chi connectivity index (χ3n) is 4.36. The number of carbonyl (C=O) groups is 1. The zero-order chi connectivity index (χ0) is 19.7. The molecule has 0 aliphatic carbocycles. The molecule has 0 bridgehead atoms. The van der Waals surface area contributed by atoms with Crippen molar-refractivity contribution in [2.75, 3.05) is 18.5 Å². The highest BCUT2D eigenvalue weighted by Gasteiger charge is 2.28. The number of nitrogens with zero attached hydrogens (tertiary/aromatic N) is 4. The maximum absolute atomic E-state index is 14.5. The molecule has 3 N–H and O–H groups in total. The molecule has 0 saturated carbocycles. The molecule has 1 aliphatic rings. The Balaban J connectivity index is 1.89. The first kappa shape index (κ1) is 17.6. The van der Waals surface area contributed by atoms with Gasteiger partial charge < -0.3 is 15.7 Å². The molecule has 3 heterocycles. The summed E-state index contributed by atoms with van der Waals surface area (Å²) in [4.78, 5) is 16.7. The van der Waals surface area contributed by atoms with Gasteiger partial charge in [-0.1, -0.05) is 6.07 Å². The van der Waals surface area contributed by atoms with E-state index in [1.165, 1.54) is 22.9 Å². The largest absolute Gasteiger partial charge is 0.395 e. The predicted molar refractivity (Wildman–Crippen MR) is 98.2 cm³/mol. The molecular formula is C19H15FN6O2. The van der Waals surface area contributed by atoms with E-state index in [4.69, 9.17) is 5.11 Å². The van der Waals surface area contributed by atoms with Crippen molar-refractivity contribution in [1.82, 2.24) is 20.1 Å². The maximum Gasteiger partial charge on any atom is 0.255 e. The Morgan fingerprint density at radius 1 is 1.36 bits per heavy atom. The fourth-order valence-corrected chi connectivity index (χ4v) is 3.13. The molecule has 0 fully saturated rings. The summed E-state index contributed by atoms with van der Waals surface area (Å²) in [5.41, 5.74) is 1.74. The van der Waals surface area contributed by atoms with E-state index in [1.54, 1.807) is 18.3 Å². The SMILES string of the molecule is N#Cc1cccc(F)c1-c1cc(-n2ccc(NCCO)n2)c2c(n1)CNC2=O. The number of amides is 1. The van der Waals surface area contributed by atoms with Crippen molar-refractivity contribution in [3.63, 3.8) is 0 Å². The van der Waals surface area contributed by atoms with Crippen LogP contribution >= 0.6 is 0 Å². The molecule has 4 rings (SSSR count). The van der Waals surface area contributed by atoms with Crippen molar-refractivity contribution in [2.45, 2.75) is 6.54 Å². The number of pyridine rings is 1.